The average molecular weight is 553 g/mol. The number of aryl methyl sites for hydroxylation is 1. The van der Waals surface area contributed by atoms with Gasteiger partial charge in [0.1, 0.15) is 0 Å². The van der Waals surface area contributed by atoms with E-state index in [4.69, 9.17) is 33.3 Å². The number of fused-ring (bicyclic) bond motifs is 1. The summed E-state index contributed by atoms with van der Waals surface area (Å²) in [6.45, 7) is 0.773. The molecular formula is C28H26Cl2N4O4. The van der Waals surface area contributed by atoms with Crippen molar-refractivity contribution in [2.24, 2.45) is 0 Å². The first kappa shape index (κ1) is 27.2. The van der Waals surface area contributed by atoms with Gasteiger partial charge >= 0.3 is 5.97 Å². The quantitative estimate of drug-likeness (QED) is 0.232. The van der Waals surface area contributed by atoms with Gasteiger partial charge in [-0.1, -0.05) is 35.3 Å². The smallest absolute Gasteiger partial charge is 0.337 e. The summed E-state index contributed by atoms with van der Waals surface area (Å²) in [4.78, 5) is 39.2. The molecule has 0 aliphatic rings. The zero-order valence-electron chi connectivity index (χ0n) is 20.9. The van der Waals surface area contributed by atoms with Crippen LogP contribution in [0.4, 0.5) is 0 Å². The molecule has 3 aromatic carbocycles. The van der Waals surface area contributed by atoms with Gasteiger partial charge in [-0.05, 0) is 61.0 Å². The molecule has 1 amide bonds. The van der Waals surface area contributed by atoms with Crippen molar-refractivity contribution in [1.82, 2.24) is 14.0 Å². The van der Waals surface area contributed by atoms with Crippen LogP contribution >= 0.6 is 23.2 Å². The second-order valence-electron chi connectivity index (χ2n) is 8.75. The number of hydrogen-bond donors (Lipinski definition) is 1. The van der Waals surface area contributed by atoms with Crippen LogP contribution in [0.25, 0.3) is 11.0 Å². The third-order valence-electron chi connectivity index (χ3n) is 6.26. The Morgan fingerprint density at radius 3 is 2.32 bits per heavy atom. The standard InChI is InChI=1S/C28H26Cl2N4O4/c1-32(26(36)19-6-3-7-20(16-19)27(37)38-2)14-5-15-33-25-22(30)8-4-9-23(25)34(28(33)31)17-24(35)18-10-12-21(29)13-11-18/h3-4,6-13,16,31H,5,14-15,17H2,1-2H3. The number of rotatable bonds is 9. The van der Waals surface area contributed by atoms with Crippen LogP contribution < -0.4 is 5.62 Å². The number of ether oxygens (including phenoxy) is 1. The Balaban J connectivity index is 1.52. The minimum Gasteiger partial charge on any atom is -0.465 e. The molecule has 38 heavy (non-hydrogen) atoms. The Kier molecular flexibility index (Phi) is 8.34. The molecule has 1 aromatic heterocycles. The third kappa shape index (κ3) is 5.66. The lowest BCUT2D eigenvalue weighted by Crippen LogP contribution is -2.31. The van der Waals surface area contributed by atoms with Crippen molar-refractivity contribution < 1.29 is 19.1 Å². The first-order chi connectivity index (χ1) is 18.2. The topological polar surface area (TPSA) is 97.4 Å². The van der Waals surface area contributed by atoms with Crippen molar-refractivity contribution in [3.63, 3.8) is 0 Å². The van der Waals surface area contributed by atoms with Gasteiger partial charge in [-0.2, -0.15) is 0 Å². The molecule has 8 nitrogen and oxygen atoms in total. The van der Waals surface area contributed by atoms with Crippen molar-refractivity contribution in [3.05, 3.63) is 99.1 Å². The summed E-state index contributed by atoms with van der Waals surface area (Å²) in [5.74, 6) is -0.899. The number of para-hydroxylation sites is 1. The number of halogens is 2. The number of aromatic nitrogens is 2. The highest BCUT2D eigenvalue weighted by molar-refractivity contribution is 6.35. The number of carbonyl (C=O) groups excluding carboxylic acids is 3. The van der Waals surface area contributed by atoms with Crippen molar-refractivity contribution in [1.29, 1.82) is 5.41 Å². The zero-order chi connectivity index (χ0) is 27.4. The molecule has 0 saturated carbocycles. The second kappa shape index (κ2) is 11.7. The number of carbonyl (C=O) groups is 3. The van der Waals surface area contributed by atoms with Gasteiger partial charge in [0.15, 0.2) is 5.78 Å². The zero-order valence-corrected chi connectivity index (χ0v) is 22.4. The first-order valence-electron chi connectivity index (χ1n) is 11.9. The molecular weight excluding hydrogens is 527 g/mol. The van der Waals surface area contributed by atoms with Gasteiger partial charge in [-0.25, -0.2) is 4.79 Å². The summed E-state index contributed by atoms with van der Waals surface area (Å²) < 4.78 is 8.12. The lowest BCUT2D eigenvalue weighted by atomic mass is 10.1. The molecule has 196 valence electrons. The number of nitrogens with one attached hydrogen (secondary N) is 1. The SMILES string of the molecule is COC(=O)c1cccc(C(=O)N(C)CCCn2c(=N)n(CC(=O)c3ccc(Cl)cc3)c3cccc(Cl)c32)c1. The number of methoxy groups -OCH3 is 1. The molecule has 1 N–H and O–H groups in total. The van der Waals surface area contributed by atoms with Gasteiger partial charge in [0.25, 0.3) is 5.91 Å². The van der Waals surface area contributed by atoms with Crippen LogP contribution in [0.1, 0.15) is 37.5 Å². The Labute approximate surface area is 229 Å². The highest BCUT2D eigenvalue weighted by Crippen LogP contribution is 2.23. The van der Waals surface area contributed by atoms with E-state index in [2.05, 4.69) is 0 Å². The fraction of sp³-hybridized carbons (Fsp3) is 0.214. The van der Waals surface area contributed by atoms with Crippen molar-refractivity contribution in [3.8, 4) is 0 Å². The lowest BCUT2D eigenvalue weighted by molar-refractivity contribution is 0.0600. The molecule has 0 unspecified atom stereocenters. The monoisotopic (exact) mass is 552 g/mol. The van der Waals surface area contributed by atoms with Crippen molar-refractivity contribution in [2.75, 3.05) is 20.7 Å². The van der Waals surface area contributed by atoms with Gasteiger partial charge in [0.05, 0.1) is 35.3 Å². The predicted molar refractivity (Wildman–Crippen MR) is 146 cm³/mol. The minimum atomic E-state index is -0.510. The summed E-state index contributed by atoms with van der Waals surface area (Å²) >= 11 is 12.5. The van der Waals surface area contributed by atoms with Crippen LogP contribution in [-0.2, 0) is 17.8 Å². The van der Waals surface area contributed by atoms with Gasteiger partial charge < -0.3 is 18.8 Å². The highest BCUT2D eigenvalue weighted by Gasteiger charge is 2.18. The maximum Gasteiger partial charge on any atom is 0.337 e. The van der Waals surface area contributed by atoms with Gasteiger partial charge in [-0.3, -0.25) is 15.0 Å². The molecule has 0 spiro atoms. The Morgan fingerprint density at radius 1 is 0.921 bits per heavy atom. The number of hydrogen-bond acceptors (Lipinski definition) is 5. The molecule has 4 aromatic rings. The second-order valence-corrected chi connectivity index (χ2v) is 9.60. The molecule has 0 fully saturated rings. The van der Waals surface area contributed by atoms with Crippen LogP contribution in [0.15, 0.2) is 66.7 Å². The average Bonchev–Trinajstić information content (AvgIpc) is 3.19. The third-order valence-corrected chi connectivity index (χ3v) is 6.81. The van der Waals surface area contributed by atoms with Crippen molar-refractivity contribution >= 4 is 51.9 Å². The van der Waals surface area contributed by atoms with E-state index in [0.717, 1.165) is 0 Å². The predicted octanol–water partition coefficient (Wildman–Crippen LogP) is 5.06. The largest absolute Gasteiger partial charge is 0.465 e. The molecule has 0 bridgehead atoms. The molecule has 0 radical (unpaired) electrons. The fourth-order valence-electron chi connectivity index (χ4n) is 4.29. The maximum atomic E-state index is 13.0. The number of esters is 1. The van der Waals surface area contributed by atoms with Crippen molar-refractivity contribution in [2.45, 2.75) is 19.5 Å². The van der Waals surface area contributed by atoms with Gasteiger partial charge in [-0.15, -0.1) is 0 Å². The van der Waals surface area contributed by atoms with E-state index >= 15 is 0 Å². The van der Waals surface area contributed by atoms with Crippen LogP contribution in [0.3, 0.4) is 0 Å². The van der Waals surface area contributed by atoms with E-state index in [1.165, 1.54) is 13.2 Å². The maximum absolute atomic E-state index is 13.0. The van der Waals surface area contributed by atoms with Crippen LogP contribution in [-0.4, -0.2) is 52.4 Å². The normalized spacial score (nSPS) is 10.9. The lowest BCUT2D eigenvalue weighted by Gasteiger charge is -2.18. The van der Waals surface area contributed by atoms with Gasteiger partial charge in [0.2, 0.25) is 5.62 Å². The van der Waals surface area contributed by atoms with E-state index in [-0.39, 0.29) is 23.9 Å². The highest BCUT2D eigenvalue weighted by atomic mass is 35.5. The fourth-order valence-corrected chi connectivity index (χ4v) is 4.69. The first-order valence-corrected chi connectivity index (χ1v) is 12.6. The molecule has 10 heteroatoms. The van der Waals surface area contributed by atoms with E-state index in [9.17, 15) is 14.4 Å². The molecule has 0 atom stereocenters. The molecule has 1 heterocycles. The number of amides is 1. The van der Waals surface area contributed by atoms with E-state index in [1.54, 1.807) is 75.7 Å². The Morgan fingerprint density at radius 2 is 1.61 bits per heavy atom. The van der Waals surface area contributed by atoms with E-state index in [1.807, 2.05) is 6.07 Å². The molecule has 0 aliphatic carbocycles. The summed E-state index contributed by atoms with van der Waals surface area (Å²) in [6.07, 6.45) is 0.533. The summed E-state index contributed by atoms with van der Waals surface area (Å²) in [7, 11) is 2.97. The van der Waals surface area contributed by atoms with Crippen LogP contribution in [0.2, 0.25) is 10.0 Å². The summed E-state index contributed by atoms with van der Waals surface area (Å²) in [5.41, 5.74) is 2.65. The number of Topliss-reactive ketones (excluding diaryl/α,β-unsaturated/α-hetero) is 1. The van der Waals surface area contributed by atoms with Crippen LogP contribution in [0, 0.1) is 5.41 Å². The minimum absolute atomic E-state index is 0.0285. The number of ketones is 1. The van der Waals surface area contributed by atoms with E-state index in [0.29, 0.717) is 57.3 Å². The Bertz CT molecular complexity index is 1570. The van der Waals surface area contributed by atoms with E-state index < -0.39 is 5.97 Å². The summed E-state index contributed by atoms with van der Waals surface area (Å²) in [6, 6.07) is 18.4. The number of nitrogens with zero attached hydrogens (tertiary/aromatic N) is 3. The number of imidazole rings is 1. The summed E-state index contributed by atoms with van der Waals surface area (Å²) in [5, 5.41) is 9.83. The van der Waals surface area contributed by atoms with Crippen LogP contribution in [0.5, 0.6) is 0 Å². The van der Waals surface area contributed by atoms with Gasteiger partial charge in [0, 0.05) is 36.3 Å². The number of benzene rings is 3. The molecule has 4 rings (SSSR count). The Hall–Kier alpha value is -3.88. The molecule has 0 saturated heterocycles. The molecule has 0 aliphatic heterocycles.